The molecule has 2 unspecified atom stereocenters. The maximum absolute atomic E-state index is 13.5. The first-order chi connectivity index (χ1) is 13.4. The van der Waals surface area contributed by atoms with Crippen molar-refractivity contribution in [2.24, 2.45) is 0 Å². The van der Waals surface area contributed by atoms with Crippen LogP contribution in [0.1, 0.15) is 29.0 Å². The number of rotatable bonds is 4. The molecule has 2 aromatic carbocycles. The highest BCUT2D eigenvalue weighted by molar-refractivity contribution is 6.31. The van der Waals surface area contributed by atoms with Crippen molar-refractivity contribution in [3.8, 4) is 0 Å². The molecule has 0 aromatic heterocycles. The smallest absolute Gasteiger partial charge is 0.262 e. The van der Waals surface area contributed by atoms with Gasteiger partial charge in [0.2, 0.25) is 0 Å². The van der Waals surface area contributed by atoms with Crippen molar-refractivity contribution in [2.75, 3.05) is 5.32 Å². The number of aliphatic hydroxyl groups is 1. The summed E-state index contributed by atoms with van der Waals surface area (Å²) in [5, 5.41) is 14.8. The molecule has 2 aliphatic rings. The van der Waals surface area contributed by atoms with Gasteiger partial charge in [0.05, 0.1) is 11.6 Å². The molecule has 1 amide bonds. The number of carbonyl (C=O) groups is 2. The minimum Gasteiger partial charge on any atom is -0.374 e. The Morgan fingerprint density at radius 3 is 2.71 bits per heavy atom. The number of hydrogen-bond acceptors (Lipinski definition) is 3. The van der Waals surface area contributed by atoms with Crippen LogP contribution in [0.3, 0.4) is 0 Å². The van der Waals surface area contributed by atoms with Gasteiger partial charge in [-0.25, -0.2) is 0 Å². The highest BCUT2D eigenvalue weighted by Gasteiger charge is 2.55. The van der Waals surface area contributed by atoms with Crippen LogP contribution in [0.15, 0.2) is 72.0 Å². The van der Waals surface area contributed by atoms with Crippen molar-refractivity contribution >= 4 is 29.0 Å². The first kappa shape index (κ1) is 18.5. The standard InChI is InChI=1S/C23H18ClNO3/c1-14-12-17(24)13-18-20(14)25-22(27)23(18,28)19(15-8-4-2-5-9-15)21(26)16-10-6-3-7-11-16/h2-5,8-13,19,28H,6H2,1H3,(H,25,27). The fourth-order valence-electron chi connectivity index (χ4n) is 3.86. The predicted octanol–water partition coefficient (Wildman–Crippen LogP) is 4.18. The van der Waals surface area contributed by atoms with Crippen LogP contribution in [0.5, 0.6) is 0 Å². The number of allylic oxidation sites excluding steroid dienone is 3. The van der Waals surface area contributed by atoms with E-state index >= 15 is 0 Å². The molecule has 5 heteroatoms. The molecule has 2 N–H and O–H groups in total. The molecule has 140 valence electrons. The molecule has 1 aliphatic carbocycles. The number of fused-ring (bicyclic) bond motifs is 1. The number of Topliss-reactive ketones (excluding diaryl/α,β-unsaturated/α-hetero) is 1. The van der Waals surface area contributed by atoms with Gasteiger partial charge in [-0.3, -0.25) is 9.59 Å². The Balaban J connectivity index is 1.94. The molecule has 1 heterocycles. The molecular formula is C23H18ClNO3. The molecule has 0 radical (unpaired) electrons. The number of ketones is 1. The van der Waals surface area contributed by atoms with Crippen LogP contribution in [0.2, 0.25) is 5.02 Å². The van der Waals surface area contributed by atoms with Gasteiger partial charge >= 0.3 is 0 Å². The van der Waals surface area contributed by atoms with Gasteiger partial charge in [-0.15, -0.1) is 5.73 Å². The van der Waals surface area contributed by atoms with E-state index in [-0.39, 0.29) is 5.78 Å². The van der Waals surface area contributed by atoms with Crippen LogP contribution in [-0.2, 0) is 15.2 Å². The number of nitrogens with one attached hydrogen (secondary N) is 1. The molecule has 0 saturated heterocycles. The van der Waals surface area contributed by atoms with Crippen LogP contribution in [-0.4, -0.2) is 16.8 Å². The second kappa shape index (κ2) is 6.92. The monoisotopic (exact) mass is 391 g/mol. The third-order valence-electron chi connectivity index (χ3n) is 5.21. The Labute approximate surface area is 167 Å². The van der Waals surface area contributed by atoms with E-state index in [1.807, 2.05) is 12.1 Å². The van der Waals surface area contributed by atoms with Gasteiger partial charge in [-0.05, 0) is 48.8 Å². The van der Waals surface area contributed by atoms with Gasteiger partial charge < -0.3 is 10.4 Å². The van der Waals surface area contributed by atoms with E-state index in [1.165, 1.54) is 0 Å². The highest BCUT2D eigenvalue weighted by Crippen LogP contribution is 2.48. The maximum Gasteiger partial charge on any atom is 0.262 e. The maximum atomic E-state index is 13.5. The van der Waals surface area contributed by atoms with E-state index in [4.69, 9.17) is 11.6 Å². The number of anilines is 1. The van der Waals surface area contributed by atoms with Gasteiger partial charge in [-0.1, -0.05) is 48.0 Å². The van der Waals surface area contributed by atoms with Crippen LogP contribution in [0, 0.1) is 6.92 Å². The fraction of sp³-hybridized carbons (Fsp3) is 0.174. The highest BCUT2D eigenvalue weighted by atomic mass is 35.5. The number of amides is 1. The Hall–Kier alpha value is -2.91. The van der Waals surface area contributed by atoms with Gasteiger partial charge in [0.1, 0.15) is 0 Å². The Kier molecular flexibility index (Phi) is 4.56. The molecule has 2 atom stereocenters. The first-order valence-corrected chi connectivity index (χ1v) is 9.35. The summed E-state index contributed by atoms with van der Waals surface area (Å²) in [6, 6.07) is 12.1. The van der Waals surface area contributed by atoms with Gasteiger partial charge in [-0.2, -0.15) is 0 Å². The first-order valence-electron chi connectivity index (χ1n) is 8.97. The van der Waals surface area contributed by atoms with Crippen molar-refractivity contribution in [2.45, 2.75) is 24.9 Å². The summed E-state index contributed by atoms with van der Waals surface area (Å²) in [7, 11) is 0. The van der Waals surface area contributed by atoms with Gasteiger partial charge in [0.15, 0.2) is 11.4 Å². The van der Waals surface area contributed by atoms with Crippen molar-refractivity contribution < 1.29 is 14.7 Å². The second-order valence-electron chi connectivity index (χ2n) is 6.98. The van der Waals surface area contributed by atoms with Gasteiger partial charge in [0, 0.05) is 16.2 Å². The van der Waals surface area contributed by atoms with Crippen molar-refractivity contribution in [1.29, 1.82) is 0 Å². The van der Waals surface area contributed by atoms with Crippen molar-refractivity contribution in [3.63, 3.8) is 0 Å². The molecule has 0 bridgehead atoms. The molecule has 4 nitrogen and oxygen atoms in total. The lowest BCUT2D eigenvalue weighted by molar-refractivity contribution is -0.141. The number of hydrogen-bond donors (Lipinski definition) is 2. The largest absolute Gasteiger partial charge is 0.374 e. The lowest BCUT2D eigenvalue weighted by Crippen LogP contribution is -2.44. The Bertz CT molecular complexity index is 1080. The van der Waals surface area contributed by atoms with Crippen LogP contribution in [0.25, 0.3) is 0 Å². The van der Waals surface area contributed by atoms with Gasteiger partial charge in [0.25, 0.3) is 5.91 Å². The number of aryl methyl sites for hydroxylation is 1. The lowest BCUT2D eigenvalue weighted by atomic mass is 9.73. The average molecular weight is 392 g/mol. The topological polar surface area (TPSA) is 66.4 Å². The zero-order valence-corrected chi connectivity index (χ0v) is 16.0. The summed E-state index contributed by atoms with van der Waals surface area (Å²) in [5.74, 6) is -2.09. The average Bonchev–Trinajstić information content (AvgIpc) is 2.95. The fourth-order valence-corrected chi connectivity index (χ4v) is 4.13. The second-order valence-corrected chi connectivity index (χ2v) is 7.42. The summed E-state index contributed by atoms with van der Waals surface area (Å²) in [5.41, 5.74) is 3.38. The normalized spacial score (nSPS) is 21.1. The van der Waals surface area contributed by atoms with Crippen LogP contribution in [0.4, 0.5) is 5.69 Å². The minimum absolute atomic E-state index is 0.320. The van der Waals surface area contributed by atoms with E-state index < -0.39 is 17.4 Å². The summed E-state index contributed by atoms with van der Waals surface area (Å²) < 4.78 is 0. The molecule has 1 aliphatic heterocycles. The molecular weight excluding hydrogens is 374 g/mol. The van der Waals surface area contributed by atoms with E-state index in [0.717, 1.165) is 5.56 Å². The quantitative estimate of drug-likeness (QED) is 0.768. The zero-order valence-electron chi connectivity index (χ0n) is 15.2. The summed E-state index contributed by atoms with van der Waals surface area (Å²) >= 11 is 6.22. The molecule has 4 rings (SSSR count). The number of carbonyl (C=O) groups excluding carboxylic acids is 2. The number of benzene rings is 2. The molecule has 0 fully saturated rings. The molecule has 0 saturated carbocycles. The van der Waals surface area contributed by atoms with Crippen molar-refractivity contribution in [3.05, 3.63) is 93.7 Å². The third kappa shape index (κ3) is 2.83. The minimum atomic E-state index is -2.07. The van der Waals surface area contributed by atoms with Crippen LogP contribution >= 0.6 is 11.6 Å². The zero-order chi connectivity index (χ0) is 19.9. The van der Waals surface area contributed by atoms with E-state index in [2.05, 4.69) is 11.0 Å². The van der Waals surface area contributed by atoms with E-state index in [9.17, 15) is 14.7 Å². The summed E-state index contributed by atoms with van der Waals surface area (Å²) in [6.45, 7) is 1.80. The Morgan fingerprint density at radius 2 is 2.04 bits per heavy atom. The SMILES string of the molecule is Cc1cc(Cl)cc2c1NC(=O)C2(O)C(C(=O)C1=CCC=C=C1)c1ccccc1. The summed E-state index contributed by atoms with van der Waals surface area (Å²) in [4.78, 5) is 26.5. The molecule has 2 aromatic rings. The van der Waals surface area contributed by atoms with E-state index in [1.54, 1.807) is 55.5 Å². The predicted molar refractivity (Wildman–Crippen MR) is 108 cm³/mol. The molecule has 0 spiro atoms. The van der Waals surface area contributed by atoms with E-state index in [0.29, 0.717) is 33.8 Å². The lowest BCUT2D eigenvalue weighted by Gasteiger charge is -2.31. The third-order valence-corrected chi connectivity index (χ3v) is 5.42. The van der Waals surface area contributed by atoms with Crippen molar-refractivity contribution in [1.82, 2.24) is 0 Å². The van der Waals surface area contributed by atoms with Crippen LogP contribution < -0.4 is 5.32 Å². The Morgan fingerprint density at radius 1 is 1.29 bits per heavy atom. The summed E-state index contributed by atoms with van der Waals surface area (Å²) in [6.07, 6.45) is 5.74. The number of halogens is 1. The molecule has 28 heavy (non-hydrogen) atoms.